The fourth-order valence-corrected chi connectivity index (χ4v) is 3.21. The van der Waals surface area contributed by atoms with Crippen molar-refractivity contribution in [3.05, 3.63) is 47.7 Å². The Kier molecular flexibility index (Phi) is 4.23. The van der Waals surface area contributed by atoms with E-state index in [0.717, 1.165) is 30.3 Å². The van der Waals surface area contributed by atoms with Crippen LogP contribution in [0, 0.1) is 6.92 Å². The Morgan fingerprint density at radius 2 is 2.36 bits per heavy atom. The molecule has 1 N–H and O–H groups in total. The highest BCUT2D eigenvalue weighted by Gasteiger charge is 2.25. The minimum atomic E-state index is -0.0147. The molecule has 7 heteroatoms. The van der Waals surface area contributed by atoms with Crippen molar-refractivity contribution in [2.24, 2.45) is 0 Å². The molecule has 3 heterocycles. The van der Waals surface area contributed by atoms with E-state index in [1.807, 2.05) is 35.4 Å². The minimum Gasteiger partial charge on any atom is -0.367 e. The van der Waals surface area contributed by atoms with Crippen LogP contribution in [-0.2, 0) is 11.3 Å². The first kappa shape index (κ1) is 15.8. The average Bonchev–Trinajstić information content (AvgIpc) is 3.27. The highest BCUT2D eigenvalue weighted by molar-refractivity contribution is 5.98. The van der Waals surface area contributed by atoms with Gasteiger partial charge in [0.15, 0.2) is 5.82 Å². The summed E-state index contributed by atoms with van der Waals surface area (Å²) in [5.74, 6) is 1.11. The predicted molar refractivity (Wildman–Crippen MR) is 91.0 cm³/mol. The van der Waals surface area contributed by atoms with E-state index in [-0.39, 0.29) is 18.6 Å². The number of fused-ring (bicyclic) bond motifs is 1. The highest BCUT2D eigenvalue weighted by Crippen LogP contribution is 2.20. The van der Waals surface area contributed by atoms with Crippen molar-refractivity contribution in [3.63, 3.8) is 0 Å². The summed E-state index contributed by atoms with van der Waals surface area (Å²) in [4.78, 5) is 21.9. The average molecular weight is 340 g/mol. The summed E-state index contributed by atoms with van der Waals surface area (Å²) in [6.45, 7) is 3.38. The number of hydrogen-bond donors (Lipinski definition) is 1. The number of likely N-dealkylation sites (tertiary alicyclic amines) is 1. The molecule has 3 aromatic rings. The Morgan fingerprint density at radius 1 is 1.44 bits per heavy atom. The second-order valence-corrected chi connectivity index (χ2v) is 6.34. The summed E-state index contributed by atoms with van der Waals surface area (Å²) in [6, 6.07) is 7.75. The molecule has 1 aliphatic rings. The number of benzene rings is 1. The molecule has 0 unspecified atom stereocenters. The molecule has 4 rings (SSSR count). The van der Waals surface area contributed by atoms with Gasteiger partial charge in [0.25, 0.3) is 11.8 Å². The molecule has 0 spiro atoms. The van der Waals surface area contributed by atoms with Crippen LogP contribution in [0.2, 0.25) is 0 Å². The fourth-order valence-electron chi connectivity index (χ4n) is 3.21. The molecule has 2 aromatic heterocycles. The van der Waals surface area contributed by atoms with Crippen LogP contribution in [0.25, 0.3) is 10.9 Å². The molecule has 7 nitrogen and oxygen atoms in total. The van der Waals surface area contributed by atoms with Gasteiger partial charge in [0.1, 0.15) is 6.61 Å². The lowest BCUT2D eigenvalue weighted by Gasteiger charge is -2.32. The number of aryl methyl sites for hydroxylation is 1. The van der Waals surface area contributed by atoms with Crippen molar-refractivity contribution in [1.82, 2.24) is 20.0 Å². The molecule has 1 atom stereocenters. The smallest absolute Gasteiger partial charge is 0.254 e. The number of aromatic nitrogens is 3. The normalized spacial score (nSPS) is 18.0. The topological polar surface area (TPSA) is 84.3 Å². The zero-order valence-electron chi connectivity index (χ0n) is 14.1. The highest BCUT2D eigenvalue weighted by atomic mass is 16.5. The van der Waals surface area contributed by atoms with Crippen molar-refractivity contribution < 1.29 is 14.1 Å². The monoisotopic (exact) mass is 340 g/mol. The summed E-state index contributed by atoms with van der Waals surface area (Å²) in [5.41, 5.74) is 1.67. The van der Waals surface area contributed by atoms with E-state index in [1.165, 1.54) is 0 Å². The number of amides is 1. The standard InChI is InChI=1S/C18H20N4O3/c1-12-20-17(25-21-12)11-24-15-3-2-8-22(10-15)18(23)14-5-4-13-6-7-19-16(13)9-14/h4-7,9,15,19H,2-3,8,10-11H2,1H3/t15-/m1/s1. The second kappa shape index (κ2) is 6.68. The molecular formula is C18H20N4O3. The largest absolute Gasteiger partial charge is 0.367 e. The Labute approximate surface area is 145 Å². The minimum absolute atomic E-state index is 0.0147. The molecule has 1 fully saturated rings. The van der Waals surface area contributed by atoms with Gasteiger partial charge in [-0.2, -0.15) is 4.98 Å². The van der Waals surface area contributed by atoms with Gasteiger partial charge >= 0.3 is 0 Å². The molecule has 1 aliphatic heterocycles. The Hall–Kier alpha value is -2.67. The third-order valence-electron chi connectivity index (χ3n) is 4.48. The van der Waals surface area contributed by atoms with Gasteiger partial charge in [0.2, 0.25) is 0 Å². The number of nitrogens with zero attached hydrogens (tertiary/aromatic N) is 3. The van der Waals surface area contributed by atoms with E-state index in [2.05, 4.69) is 15.1 Å². The van der Waals surface area contributed by atoms with Gasteiger partial charge in [-0.25, -0.2) is 0 Å². The summed E-state index contributed by atoms with van der Waals surface area (Å²) in [6.07, 6.45) is 3.71. The Bertz CT molecular complexity index is 885. The number of nitrogens with one attached hydrogen (secondary N) is 1. The van der Waals surface area contributed by atoms with Crippen LogP contribution in [0.15, 0.2) is 35.0 Å². The van der Waals surface area contributed by atoms with Gasteiger partial charge in [-0.15, -0.1) is 0 Å². The van der Waals surface area contributed by atoms with Crippen molar-refractivity contribution >= 4 is 16.8 Å². The lowest BCUT2D eigenvalue weighted by atomic mass is 10.1. The first-order chi connectivity index (χ1) is 12.2. The number of piperidine rings is 1. The van der Waals surface area contributed by atoms with Crippen molar-refractivity contribution in [2.75, 3.05) is 13.1 Å². The maximum absolute atomic E-state index is 12.8. The molecule has 0 aliphatic carbocycles. The molecule has 0 radical (unpaired) electrons. The summed E-state index contributed by atoms with van der Waals surface area (Å²) in [7, 11) is 0. The fraction of sp³-hybridized carbons (Fsp3) is 0.389. The second-order valence-electron chi connectivity index (χ2n) is 6.34. The van der Waals surface area contributed by atoms with E-state index in [0.29, 0.717) is 23.8 Å². The van der Waals surface area contributed by atoms with Crippen LogP contribution in [0.4, 0.5) is 0 Å². The zero-order chi connectivity index (χ0) is 17.2. The van der Waals surface area contributed by atoms with Gasteiger partial charge in [0, 0.05) is 30.4 Å². The molecule has 25 heavy (non-hydrogen) atoms. The molecule has 0 saturated carbocycles. The molecule has 1 saturated heterocycles. The predicted octanol–water partition coefficient (Wildman–Crippen LogP) is 2.68. The number of carbonyl (C=O) groups excluding carboxylic acids is 1. The van der Waals surface area contributed by atoms with Crippen LogP contribution in [0.3, 0.4) is 0 Å². The first-order valence-electron chi connectivity index (χ1n) is 8.46. The lowest BCUT2D eigenvalue weighted by Crippen LogP contribution is -2.43. The number of rotatable bonds is 4. The molecule has 130 valence electrons. The summed E-state index contributed by atoms with van der Waals surface area (Å²) >= 11 is 0. The van der Waals surface area contributed by atoms with Crippen molar-refractivity contribution in [2.45, 2.75) is 32.5 Å². The van der Waals surface area contributed by atoms with Gasteiger partial charge in [-0.05, 0) is 43.4 Å². The van der Waals surface area contributed by atoms with Crippen LogP contribution in [0.5, 0.6) is 0 Å². The van der Waals surface area contributed by atoms with Crippen LogP contribution in [-0.4, -0.2) is 45.1 Å². The summed E-state index contributed by atoms with van der Waals surface area (Å²) < 4.78 is 10.9. The molecule has 1 aromatic carbocycles. The van der Waals surface area contributed by atoms with Crippen molar-refractivity contribution in [3.8, 4) is 0 Å². The lowest BCUT2D eigenvalue weighted by molar-refractivity contribution is -0.0153. The maximum Gasteiger partial charge on any atom is 0.254 e. The third kappa shape index (κ3) is 3.41. The number of hydrogen-bond acceptors (Lipinski definition) is 5. The number of carbonyl (C=O) groups is 1. The Morgan fingerprint density at radius 3 is 3.20 bits per heavy atom. The van der Waals surface area contributed by atoms with E-state index in [1.54, 1.807) is 6.92 Å². The Balaban J connectivity index is 1.40. The molecule has 0 bridgehead atoms. The van der Waals surface area contributed by atoms with E-state index in [9.17, 15) is 4.79 Å². The first-order valence-corrected chi connectivity index (χ1v) is 8.46. The SMILES string of the molecule is Cc1noc(CO[C@@H]2CCCN(C(=O)c3ccc4cc[nH]c4c3)C2)n1. The van der Waals surface area contributed by atoms with Gasteiger partial charge in [-0.1, -0.05) is 11.2 Å². The molecule has 1 amide bonds. The molecular weight excluding hydrogens is 320 g/mol. The summed E-state index contributed by atoms with van der Waals surface area (Å²) in [5, 5.41) is 4.85. The van der Waals surface area contributed by atoms with E-state index < -0.39 is 0 Å². The van der Waals surface area contributed by atoms with Crippen molar-refractivity contribution in [1.29, 1.82) is 0 Å². The van der Waals surface area contributed by atoms with Crippen LogP contribution in [0.1, 0.15) is 34.9 Å². The third-order valence-corrected chi connectivity index (χ3v) is 4.48. The van der Waals surface area contributed by atoms with Gasteiger partial charge in [0.05, 0.1) is 6.10 Å². The van der Waals surface area contributed by atoms with Crippen LogP contribution >= 0.6 is 0 Å². The number of aromatic amines is 1. The van der Waals surface area contributed by atoms with Gasteiger partial charge < -0.3 is 19.1 Å². The zero-order valence-corrected chi connectivity index (χ0v) is 14.1. The van der Waals surface area contributed by atoms with Gasteiger partial charge in [-0.3, -0.25) is 4.79 Å². The van der Waals surface area contributed by atoms with E-state index in [4.69, 9.17) is 9.26 Å². The number of H-pyrrole nitrogens is 1. The maximum atomic E-state index is 12.8. The quantitative estimate of drug-likeness (QED) is 0.789. The van der Waals surface area contributed by atoms with E-state index >= 15 is 0 Å². The van der Waals surface area contributed by atoms with Crippen LogP contribution < -0.4 is 0 Å². The number of ether oxygens (including phenoxy) is 1.